The predicted molar refractivity (Wildman–Crippen MR) is 114 cm³/mol. The maximum absolute atomic E-state index is 14.2. The second-order valence-corrected chi connectivity index (χ2v) is 7.06. The van der Waals surface area contributed by atoms with Gasteiger partial charge in [0, 0.05) is 5.56 Å². The van der Waals surface area contributed by atoms with Gasteiger partial charge in [0.05, 0.1) is 25.2 Å². The zero-order valence-electron chi connectivity index (χ0n) is 17.7. The van der Waals surface area contributed by atoms with Gasteiger partial charge in [-0.1, -0.05) is 18.2 Å². The molecule has 0 saturated heterocycles. The molecule has 0 aliphatic rings. The van der Waals surface area contributed by atoms with E-state index in [1.807, 2.05) is 0 Å². The molecule has 4 rings (SSSR count). The Balaban J connectivity index is 1.87. The fraction of sp³-hybridized carbons (Fsp3) is 0.150. The average molecular weight is 494 g/mol. The van der Waals surface area contributed by atoms with Crippen LogP contribution >= 0.6 is 0 Å². The summed E-state index contributed by atoms with van der Waals surface area (Å²) in [6.45, 7) is -0.116. The van der Waals surface area contributed by atoms with Crippen molar-refractivity contribution in [2.45, 2.75) is 12.8 Å². The molecule has 0 radical (unpaired) electrons. The van der Waals surface area contributed by atoms with Gasteiger partial charge in [-0.15, -0.1) is 13.2 Å². The highest BCUT2D eigenvalue weighted by Gasteiger charge is 2.46. The van der Waals surface area contributed by atoms with Crippen molar-refractivity contribution in [1.29, 1.82) is 0 Å². The number of ether oxygens (including phenoxy) is 1. The zero-order valence-corrected chi connectivity index (χ0v) is 17.7. The van der Waals surface area contributed by atoms with Gasteiger partial charge in [0.15, 0.2) is 23.1 Å². The average Bonchev–Trinajstić information content (AvgIpc) is 3.13. The topological polar surface area (TPSA) is 138 Å². The summed E-state index contributed by atoms with van der Waals surface area (Å²) in [5.74, 6) is -3.30. The molecular formula is C20H15F5N8O2. The summed E-state index contributed by atoms with van der Waals surface area (Å²) in [6, 6.07) is 6.90. The molecule has 0 aliphatic heterocycles. The van der Waals surface area contributed by atoms with E-state index in [2.05, 4.69) is 24.8 Å². The third-order valence-electron chi connectivity index (χ3n) is 4.82. The van der Waals surface area contributed by atoms with E-state index < -0.39 is 46.3 Å². The van der Waals surface area contributed by atoms with Crippen molar-refractivity contribution in [3.63, 3.8) is 0 Å². The highest BCUT2D eigenvalue weighted by atomic mass is 19.4. The van der Waals surface area contributed by atoms with Crippen LogP contribution in [0, 0.1) is 11.6 Å². The Morgan fingerprint density at radius 2 is 1.80 bits per heavy atom. The number of anilines is 3. The third kappa shape index (κ3) is 4.34. The lowest BCUT2D eigenvalue weighted by molar-refractivity contribution is -0.124. The molecule has 3 heterocycles. The summed E-state index contributed by atoms with van der Waals surface area (Å²) in [7, 11) is 0.735. The highest BCUT2D eigenvalue weighted by molar-refractivity contribution is 5.96. The van der Waals surface area contributed by atoms with E-state index in [4.69, 9.17) is 11.5 Å². The van der Waals surface area contributed by atoms with E-state index in [9.17, 15) is 26.7 Å². The van der Waals surface area contributed by atoms with Gasteiger partial charge in [0.2, 0.25) is 0 Å². The number of hydrogen-bond donors (Lipinski definition) is 2. The van der Waals surface area contributed by atoms with Gasteiger partial charge in [-0.05, 0) is 12.1 Å². The van der Waals surface area contributed by atoms with Gasteiger partial charge >= 0.3 is 12.4 Å². The SMILES string of the molecule is COC(=O)N(c1c(N)nc(-c2nn(Cc3ccccc3F)c3ncc(F)cc23)nc1N)C(F)(F)F. The molecule has 0 unspecified atom stereocenters. The number of nitrogens with two attached hydrogens (primary N) is 2. The van der Waals surface area contributed by atoms with Crippen LogP contribution in [0.25, 0.3) is 22.6 Å². The minimum absolute atomic E-state index is 0.0635. The van der Waals surface area contributed by atoms with Crippen molar-refractivity contribution in [3.05, 3.63) is 53.7 Å². The minimum Gasteiger partial charge on any atom is -0.452 e. The van der Waals surface area contributed by atoms with E-state index in [1.165, 1.54) is 22.9 Å². The number of benzene rings is 1. The smallest absolute Gasteiger partial charge is 0.452 e. The Morgan fingerprint density at radius 1 is 1.14 bits per heavy atom. The summed E-state index contributed by atoms with van der Waals surface area (Å²) < 4.78 is 74.0. The number of nitrogen functional groups attached to an aromatic ring is 2. The van der Waals surface area contributed by atoms with Gasteiger partial charge in [0.1, 0.15) is 23.0 Å². The molecule has 3 aromatic heterocycles. The van der Waals surface area contributed by atoms with Crippen LogP contribution in [-0.4, -0.2) is 44.2 Å². The van der Waals surface area contributed by atoms with Crippen LogP contribution in [0.5, 0.6) is 0 Å². The molecule has 0 atom stereocenters. The summed E-state index contributed by atoms with van der Waals surface area (Å²) in [5, 5.41) is 4.31. The summed E-state index contributed by atoms with van der Waals surface area (Å²) in [5.41, 5.74) is 10.6. The Morgan fingerprint density at radius 3 is 2.40 bits per heavy atom. The lowest BCUT2D eigenvalue weighted by Crippen LogP contribution is -2.44. The molecule has 1 aromatic carbocycles. The van der Waals surface area contributed by atoms with E-state index in [-0.39, 0.29) is 34.7 Å². The number of fused-ring (bicyclic) bond motifs is 1. The maximum Gasteiger partial charge on any atom is 0.494 e. The second-order valence-electron chi connectivity index (χ2n) is 7.06. The first-order valence-corrected chi connectivity index (χ1v) is 9.65. The Hall–Kier alpha value is -4.56. The van der Waals surface area contributed by atoms with Crippen LogP contribution in [0.4, 0.5) is 44.1 Å². The summed E-state index contributed by atoms with van der Waals surface area (Å²) >= 11 is 0. The molecule has 10 nitrogen and oxygen atoms in total. The van der Waals surface area contributed by atoms with Crippen LogP contribution in [-0.2, 0) is 11.3 Å². The number of hydrogen-bond acceptors (Lipinski definition) is 8. The summed E-state index contributed by atoms with van der Waals surface area (Å²) in [6.07, 6.45) is -6.17. The van der Waals surface area contributed by atoms with Crippen molar-refractivity contribution in [3.8, 4) is 11.5 Å². The maximum atomic E-state index is 14.2. The van der Waals surface area contributed by atoms with Gasteiger partial charge < -0.3 is 16.2 Å². The van der Waals surface area contributed by atoms with Crippen molar-refractivity contribution in [1.82, 2.24) is 24.7 Å². The fourth-order valence-corrected chi connectivity index (χ4v) is 3.34. The van der Waals surface area contributed by atoms with E-state index in [1.54, 1.807) is 6.07 Å². The van der Waals surface area contributed by atoms with E-state index in [0.29, 0.717) is 0 Å². The number of halogens is 5. The molecule has 0 saturated carbocycles. The predicted octanol–water partition coefficient (Wildman–Crippen LogP) is 3.47. The first kappa shape index (κ1) is 23.6. The van der Waals surface area contributed by atoms with E-state index in [0.717, 1.165) is 19.4 Å². The zero-order chi connectivity index (χ0) is 25.5. The molecule has 0 fully saturated rings. The number of alkyl halides is 3. The standard InChI is InChI=1S/C20H15F5N8O2/c1-35-19(34)33(20(23,24)25)14-15(26)29-17(30-16(14)27)13-11-6-10(21)7-28-18(11)32(31-13)8-9-4-2-3-5-12(9)22/h2-7H,8H2,1H3,(H4,26,27,29,30). The van der Waals surface area contributed by atoms with Crippen LogP contribution in [0.1, 0.15) is 5.56 Å². The van der Waals surface area contributed by atoms with Crippen LogP contribution < -0.4 is 16.4 Å². The normalized spacial score (nSPS) is 11.6. The molecule has 1 amide bonds. The highest BCUT2D eigenvalue weighted by Crippen LogP contribution is 2.38. The lowest BCUT2D eigenvalue weighted by atomic mass is 10.2. The number of carbonyl (C=O) groups excluding carboxylic acids is 1. The summed E-state index contributed by atoms with van der Waals surface area (Å²) in [4.78, 5) is 22.6. The molecule has 182 valence electrons. The Bertz CT molecular complexity index is 1420. The number of nitrogens with zero attached hydrogens (tertiary/aromatic N) is 6. The molecule has 0 bridgehead atoms. The monoisotopic (exact) mass is 494 g/mol. The number of aromatic nitrogens is 5. The largest absolute Gasteiger partial charge is 0.494 e. The minimum atomic E-state index is -5.26. The fourth-order valence-electron chi connectivity index (χ4n) is 3.34. The number of carbonyl (C=O) groups is 1. The molecule has 35 heavy (non-hydrogen) atoms. The number of methoxy groups -OCH3 is 1. The second kappa shape index (κ2) is 8.66. The van der Waals surface area contributed by atoms with Crippen LogP contribution in [0.15, 0.2) is 36.5 Å². The first-order valence-electron chi connectivity index (χ1n) is 9.65. The quantitative estimate of drug-likeness (QED) is 0.325. The van der Waals surface area contributed by atoms with Gasteiger partial charge in [-0.25, -0.2) is 33.2 Å². The van der Waals surface area contributed by atoms with Crippen LogP contribution in [0.3, 0.4) is 0 Å². The van der Waals surface area contributed by atoms with E-state index >= 15 is 0 Å². The van der Waals surface area contributed by atoms with Crippen molar-refractivity contribution in [2.75, 3.05) is 23.5 Å². The first-order chi connectivity index (χ1) is 16.5. The Labute approximate surface area is 192 Å². The van der Waals surface area contributed by atoms with Crippen molar-refractivity contribution in [2.24, 2.45) is 0 Å². The van der Waals surface area contributed by atoms with Gasteiger partial charge in [0.25, 0.3) is 0 Å². The number of rotatable bonds is 4. The Kier molecular flexibility index (Phi) is 5.84. The molecule has 15 heteroatoms. The van der Waals surface area contributed by atoms with Gasteiger partial charge in [-0.2, -0.15) is 10.00 Å². The van der Waals surface area contributed by atoms with Crippen molar-refractivity contribution < 1.29 is 31.5 Å². The van der Waals surface area contributed by atoms with Crippen molar-refractivity contribution >= 4 is 34.4 Å². The molecule has 4 N–H and O–H groups in total. The number of amides is 1. The number of pyridine rings is 1. The lowest BCUT2D eigenvalue weighted by Gasteiger charge is -2.25. The van der Waals surface area contributed by atoms with Crippen LogP contribution in [0.2, 0.25) is 0 Å². The molecule has 0 aliphatic carbocycles. The molecule has 4 aromatic rings. The van der Waals surface area contributed by atoms with Gasteiger partial charge in [-0.3, -0.25) is 0 Å². The molecular weight excluding hydrogens is 479 g/mol. The third-order valence-corrected chi connectivity index (χ3v) is 4.82. The molecule has 0 spiro atoms.